The van der Waals surface area contributed by atoms with E-state index in [1.54, 1.807) is 6.07 Å². The highest BCUT2D eigenvalue weighted by Crippen LogP contribution is 2.52. The number of primary amides is 1. The first-order valence-electron chi connectivity index (χ1n) is 15.0. The molecule has 4 N–H and O–H groups in total. The SMILES string of the molecule is C[C@@]1(C(N)=O)COc2c(-c3ccc4c(c3)OC(F)(F)O4)nc(C(O)(CNC(=O)c3cc(Cl)c4nn(C5CC5)cc4c3)C3CC3)c(F)c21. The van der Waals surface area contributed by atoms with Crippen LogP contribution in [0.4, 0.5) is 13.2 Å². The van der Waals surface area contributed by atoms with Crippen LogP contribution in [0.2, 0.25) is 5.02 Å². The Morgan fingerprint density at radius 3 is 2.62 bits per heavy atom. The van der Waals surface area contributed by atoms with Crippen molar-refractivity contribution in [3.63, 3.8) is 0 Å². The lowest BCUT2D eigenvalue weighted by Gasteiger charge is -2.30. The molecule has 8 rings (SSSR count). The number of amides is 2. The minimum absolute atomic E-state index is 0.0432. The van der Waals surface area contributed by atoms with Crippen LogP contribution in [0.3, 0.4) is 0 Å². The van der Waals surface area contributed by atoms with Crippen LogP contribution in [0.25, 0.3) is 22.2 Å². The molecule has 2 aliphatic heterocycles. The average Bonchev–Trinajstić information content (AvgIpc) is 3.95. The van der Waals surface area contributed by atoms with Gasteiger partial charge in [0.15, 0.2) is 23.1 Å². The van der Waals surface area contributed by atoms with Crippen LogP contribution in [0.15, 0.2) is 36.5 Å². The maximum absolute atomic E-state index is 16.7. The molecule has 47 heavy (non-hydrogen) atoms. The molecule has 1 unspecified atom stereocenters. The second-order valence-corrected chi connectivity index (χ2v) is 13.2. The van der Waals surface area contributed by atoms with Crippen molar-refractivity contribution in [2.24, 2.45) is 11.7 Å². The summed E-state index contributed by atoms with van der Waals surface area (Å²) in [7, 11) is 0. The van der Waals surface area contributed by atoms with Crippen LogP contribution in [0.5, 0.6) is 17.2 Å². The first kappa shape index (κ1) is 29.8. The van der Waals surface area contributed by atoms with Crippen LogP contribution in [-0.2, 0) is 15.8 Å². The topological polar surface area (TPSA) is 151 Å². The highest BCUT2D eigenvalue weighted by Gasteiger charge is 2.53. The van der Waals surface area contributed by atoms with Gasteiger partial charge in [0.25, 0.3) is 5.91 Å². The number of carbonyl (C=O) groups excluding carboxylic acids is 2. The van der Waals surface area contributed by atoms with Crippen molar-refractivity contribution in [2.75, 3.05) is 13.2 Å². The summed E-state index contributed by atoms with van der Waals surface area (Å²) in [6.07, 6.45) is 0.979. The molecule has 0 spiro atoms. The van der Waals surface area contributed by atoms with E-state index in [4.69, 9.17) is 22.1 Å². The van der Waals surface area contributed by atoms with Gasteiger partial charge in [-0.15, -0.1) is 8.78 Å². The fourth-order valence-electron chi connectivity index (χ4n) is 6.31. The third-order valence-electron chi connectivity index (χ3n) is 9.31. The monoisotopic (exact) mass is 669 g/mol. The summed E-state index contributed by atoms with van der Waals surface area (Å²) >= 11 is 6.47. The van der Waals surface area contributed by atoms with Gasteiger partial charge in [0.1, 0.15) is 34.5 Å². The minimum Gasteiger partial charge on any atom is -0.489 e. The van der Waals surface area contributed by atoms with Crippen molar-refractivity contribution in [1.29, 1.82) is 0 Å². The first-order valence-corrected chi connectivity index (χ1v) is 15.4. The number of benzene rings is 2. The molecule has 2 aliphatic carbocycles. The molecule has 2 saturated carbocycles. The molecule has 0 radical (unpaired) electrons. The molecule has 4 heterocycles. The second-order valence-electron chi connectivity index (χ2n) is 12.8. The molecule has 4 aliphatic rings. The Kier molecular flexibility index (Phi) is 6.33. The average molecular weight is 670 g/mol. The number of nitrogens with one attached hydrogen (secondary N) is 1. The summed E-state index contributed by atoms with van der Waals surface area (Å²) < 4.78 is 61.0. The smallest absolute Gasteiger partial charge is 0.489 e. The Bertz CT molecular complexity index is 2030. The van der Waals surface area contributed by atoms with E-state index in [-0.39, 0.29) is 51.3 Å². The van der Waals surface area contributed by atoms with Gasteiger partial charge < -0.3 is 30.4 Å². The molecule has 2 fully saturated rings. The van der Waals surface area contributed by atoms with E-state index < -0.39 is 53.1 Å². The van der Waals surface area contributed by atoms with Crippen LogP contribution in [-0.4, -0.2) is 51.1 Å². The van der Waals surface area contributed by atoms with Gasteiger partial charge in [-0.05, 0) is 68.9 Å². The maximum Gasteiger partial charge on any atom is 0.586 e. The number of hydrogen-bond acceptors (Lipinski definition) is 8. The van der Waals surface area contributed by atoms with Crippen molar-refractivity contribution in [1.82, 2.24) is 20.1 Å². The first-order chi connectivity index (χ1) is 22.3. The predicted molar refractivity (Wildman–Crippen MR) is 160 cm³/mol. The van der Waals surface area contributed by atoms with Crippen molar-refractivity contribution in [2.45, 2.75) is 56.0 Å². The largest absolute Gasteiger partial charge is 0.586 e. The number of halogens is 4. The third kappa shape index (κ3) is 4.75. The Morgan fingerprint density at radius 1 is 1.17 bits per heavy atom. The van der Waals surface area contributed by atoms with Gasteiger partial charge in [-0.1, -0.05) is 11.6 Å². The molecule has 2 atom stereocenters. The summed E-state index contributed by atoms with van der Waals surface area (Å²) in [6.45, 7) is 0.632. The maximum atomic E-state index is 16.7. The summed E-state index contributed by atoms with van der Waals surface area (Å²) in [4.78, 5) is 30.6. The number of ether oxygens (including phenoxy) is 3. The van der Waals surface area contributed by atoms with Gasteiger partial charge in [0, 0.05) is 22.7 Å². The molecule has 11 nitrogen and oxygen atoms in total. The van der Waals surface area contributed by atoms with E-state index in [1.807, 2.05) is 10.9 Å². The lowest BCUT2D eigenvalue weighted by molar-refractivity contribution is -0.286. The zero-order valence-corrected chi connectivity index (χ0v) is 25.5. The van der Waals surface area contributed by atoms with Gasteiger partial charge in [-0.25, -0.2) is 9.37 Å². The van der Waals surface area contributed by atoms with Gasteiger partial charge in [-0.3, -0.25) is 14.3 Å². The van der Waals surface area contributed by atoms with Gasteiger partial charge in [0.05, 0.1) is 23.2 Å². The van der Waals surface area contributed by atoms with E-state index in [0.29, 0.717) is 29.8 Å². The highest BCUT2D eigenvalue weighted by molar-refractivity contribution is 6.35. The number of fused-ring (bicyclic) bond motifs is 3. The van der Waals surface area contributed by atoms with E-state index in [2.05, 4.69) is 24.9 Å². The van der Waals surface area contributed by atoms with Crippen molar-refractivity contribution < 1.29 is 42.1 Å². The number of aliphatic hydroxyl groups is 1. The van der Waals surface area contributed by atoms with E-state index in [1.165, 1.54) is 31.2 Å². The molecule has 244 valence electrons. The lowest BCUT2D eigenvalue weighted by Crippen LogP contribution is -2.45. The number of nitrogens with zero attached hydrogens (tertiary/aromatic N) is 3. The summed E-state index contributed by atoms with van der Waals surface area (Å²) in [6, 6.07) is 7.26. The normalized spacial score (nSPS) is 22.1. The van der Waals surface area contributed by atoms with Crippen LogP contribution < -0.4 is 25.3 Å². The second kappa shape index (κ2) is 9.97. The van der Waals surface area contributed by atoms with Crippen LogP contribution in [0.1, 0.15) is 60.3 Å². The number of carbonyl (C=O) groups is 2. The molecule has 0 saturated heterocycles. The molecule has 0 bridgehead atoms. The number of hydrogen-bond donors (Lipinski definition) is 3. The van der Waals surface area contributed by atoms with E-state index in [9.17, 15) is 23.5 Å². The number of pyridine rings is 1. The molecule has 15 heteroatoms. The minimum atomic E-state index is -3.89. The third-order valence-corrected chi connectivity index (χ3v) is 9.60. The Morgan fingerprint density at radius 2 is 1.91 bits per heavy atom. The number of nitrogens with two attached hydrogens (primary N) is 1. The Balaban J connectivity index is 1.19. The fraction of sp³-hybridized carbons (Fsp3) is 0.375. The molecular weight excluding hydrogens is 643 g/mol. The summed E-state index contributed by atoms with van der Waals surface area (Å²) in [5.74, 6) is -3.63. The number of alkyl halides is 2. The molecule has 2 aromatic heterocycles. The van der Waals surface area contributed by atoms with Crippen molar-refractivity contribution in [3.05, 3.63) is 64.2 Å². The molecule has 2 aromatic carbocycles. The Hall–Kier alpha value is -4.56. The highest BCUT2D eigenvalue weighted by atomic mass is 35.5. The predicted octanol–water partition coefficient (Wildman–Crippen LogP) is 4.71. The van der Waals surface area contributed by atoms with Gasteiger partial charge in [-0.2, -0.15) is 5.10 Å². The molecule has 4 aromatic rings. The summed E-state index contributed by atoms with van der Waals surface area (Å²) in [5, 5.41) is 20.4. The number of rotatable bonds is 8. The molecule has 2 amide bonds. The zero-order chi connectivity index (χ0) is 33.0. The van der Waals surface area contributed by atoms with Gasteiger partial charge >= 0.3 is 6.29 Å². The van der Waals surface area contributed by atoms with Crippen molar-refractivity contribution in [3.8, 4) is 28.5 Å². The summed E-state index contributed by atoms with van der Waals surface area (Å²) in [5.41, 5.74) is 2.23. The standard InChI is InChI=1S/C32H27ClF3N5O6/c1-30(29(37)43)13-45-26-22(30)23(34)27(39-25(26)14-2-7-20-21(10-14)47-32(35,36)46-20)31(44,17-3-4-17)12-38-28(42)15-8-16-11-41(18-5-6-18)40-24(16)19(33)9-15/h2,7-11,17-18,44H,3-6,12-13H2,1H3,(H2,37,43)(H,38,42)/t30-,31?/m1/s1. The van der Waals surface area contributed by atoms with Crippen LogP contribution in [0, 0.1) is 11.7 Å². The quantitative estimate of drug-likeness (QED) is 0.244. The molecular formula is C32H27ClF3N5O6. The lowest BCUT2D eigenvalue weighted by atomic mass is 9.80. The van der Waals surface area contributed by atoms with E-state index >= 15 is 4.39 Å². The van der Waals surface area contributed by atoms with Gasteiger partial charge in [0.2, 0.25) is 5.91 Å². The zero-order valence-electron chi connectivity index (χ0n) is 24.8. The van der Waals surface area contributed by atoms with E-state index in [0.717, 1.165) is 12.8 Å². The van der Waals surface area contributed by atoms with Crippen LogP contribution >= 0.6 is 11.6 Å². The fourth-order valence-corrected chi connectivity index (χ4v) is 6.58. The van der Waals surface area contributed by atoms with Crippen molar-refractivity contribution >= 4 is 34.3 Å². The number of aromatic nitrogens is 3. The Labute approximate surface area is 269 Å².